The summed E-state index contributed by atoms with van der Waals surface area (Å²) in [7, 11) is 1.69. The summed E-state index contributed by atoms with van der Waals surface area (Å²) in [5, 5.41) is 3.52. The topological polar surface area (TPSA) is 34.4 Å². The number of methoxy groups -OCH3 is 1. The first kappa shape index (κ1) is 12.7. The second-order valence-corrected chi connectivity index (χ2v) is 4.88. The minimum atomic E-state index is 0.371. The summed E-state index contributed by atoms with van der Waals surface area (Å²) in [5.41, 5.74) is 0. The summed E-state index contributed by atoms with van der Waals surface area (Å²) < 4.78 is 10.9. The molecule has 0 aliphatic heterocycles. The maximum absolute atomic E-state index is 5.82. The molecule has 0 radical (unpaired) electrons. The Bertz CT molecular complexity index is 331. The molecule has 1 fully saturated rings. The van der Waals surface area contributed by atoms with Crippen molar-refractivity contribution in [3.05, 3.63) is 23.7 Å². The Morgan fingerprint density at radius 1 is 1.47 bits per heavy atom. The van der Waals surface area contributed by atoms with Gasteiger partial charge in [-0.2, -0.15) is 0 Å². The molecular weight excluding hydrogens is 214 g/mol. The van der Waals surface area contributed by atoms with Crippen LogP contribution in [0.15, 0.2) is 16.5 Å². The molecule has 1 heterocycles. The van der Waals surface area contributed by atoms with Crippen molar-refractivity contribution < 1.29 is 9.15 Å². The zero-order chi connectivity index (χ0) is 12.1. The Morgan fingerprint density at radius 2 is 2.29 bits per heavy atom. The lowest BCUT2D eigenvalue weighted by Gasteiger charge is -2.29. The molecular formula is C14H23NO2. The van der Waals surface area contributed by atoms with Crippen molar-refractivity contribution >= 4 is 0 Å². The van der Waals surface area contributed by atoms with Gasteiger partial charge in [0.25, 0.3) is 0 Å². The first-order valence-electron chi connectivity index (χ1n) is 6.64. The van der Waals surface area contributed by atoms with E-state index in [1.165, 1.54) is 25.7 Å². The highest BCUT2D eigenvalue weighted by atomic mass is 16.5. The molecule has 17 heavy (non-hydrogen) atoms. The number of furan rings is 1. The molecule has 3 heteroatoms. The molecule has 1 saturated carbocycles. The summed E-state index contributed by atoms with van der Waals surface area (Å²) in [6.07, 6.45) is 5.37. The first-order chi connectivity index (χ1) is 8.33. The minimum absolute atomic E-state index is 0.371. The average Bonchev–Trinajstić information content (AvgIpc) is 2.70. The van der Waals surface area contributed by atoms with Crippen LogP contribution in [0.4, 0.5) is 0 Å². The van der Waals surface area contributed by atoms with Crippen LogP contribution < -0.4 is 5.32 Å². The van der Waals surface area contributed by atoms with Gasteiger partial charge in [0, 0.05) is 7.11 Å². The van der Waals surface area contributed by atoms with Gasteiger partial charge in [0.15, 0.2) is 0 Å². The molecule has 0 spiro atoms. The van der Waals surface area contributed by atoms with E-state index in [1.807, 2.05) is 6.07 Å². The second kappa shape index (κ2) is 6.22. The molecule has 0 saturated heterocycles. The molecule has 2 rings (SSSR count). The summed E-state index contributed by atoms with van der Waals surface area (Å²) in [6, 6.07) is 4.47. The third kappa shape index (κ3) is 3.33. The SMILES string of the molecule is CCNC(CC1CCC1)c1ccc(COC)o1. The van der Waals surface area contributed by atoms with Gasteiger partial charge in [0.2, 0.25) is 0 Å². The molecule has 96 valence electrons. The maximum Gasteiger partial charge on any atom is 0.129 e. The lowest BCUT2D eigenvalue weighted by Crippen LogP contribution is -2.25. The number of ether oxygens (including phenoxy) is 1. The van der Waals surface area contributed by atoms with Crippen molar-refractivity contribution in [1.29, 1.82) is 0 Å². The minimum Gasteiger partial charge on any atom is -0.462 e. The highest BCUT2D eigenvalue weighted by molar-refractivity contribution is 5.10. The Kier molecular flexibility index (Phi) is 4.63. The van der Waals surface area contributed by atoms with E-state index in [4.69, 9.17) is 9.15 Å². The van der Waals surface area contributed by atoms with E-state index in [9.17, 15) is 0 Å². The van der Waals surface area contributed by atoms with Crippen LogP contribution in [0.2, 0.25) is 0 Å². The van der Waals surface area contributed by atoms with E-state index in [0.29, 0.717) is 12.6 Å². The molecule has 1 aliphatic rings. The largest absolute Gasteiger partial charge is 0.462 e. The summed E-state index contributed by atoms with van der Waals surface area (Å²) in [4.78, 5) is 0. The molecule has 1 atom stereocenters. The Morgan fingerprint density at radius 3 is 2.88 bits per heavy atom. The highest BCUT2D eigenvalue weighted by Gasteiger charge is 2.24. The highest BCUT2D eigenvalue weighted by Crippen LogP contribution is 2.35. The van der Waals surface area contributed by atoms with E-state index in [-0.39, 0.29) is 0 Å². The van der Waals surface area contributed by atoms with Crippen LogP contribution in [0.1, 0.15) is 50.2 Å². The van der Waals surface area contributed by atoms with Gasteiger partial charge in [-0.15, -0.1) is 0 Å². The Hall–Kier alpha value is -0.800. The zero-order valence-electron chi connectivity index (χ0n) is 10.9. The van der Waals surface area contributed by atoms with Gasteiger partial charge in [-0.1, -0.05) is 26.2 Å². The quantitative estimate of drug-likeness (QED) is 0.790. The fourth-order valence-electron chi connectivity index (χ4n) is 2.41. The van der Waals surface area contributed by atoms with Crippen LogP contribution in [0.25, 0.3) is 0 Å². The van der Waals surface area contributed by atoms with Crippen molar-refractivity contribution in [1.82, 2.24) is 5.32 Å². The standard InChI is InChI=1S/C14H23NO2/c1-3-15-13(9-11-5-4-6-11)14-8-7-12(17-14)10-16-2/h7-8,11,13,15H,3-6,9-10H2,1-2H3. The van der Waals surface area contributed by atoms with Gasteiger partial charge in [-0.05, 0) is 31.0 Å². The number of rotatable bonds is 7. The smallest absolute Gasteiger partial charge is 0.129 e. The van der Waals surface area contributed by atoms with E-state index in [0.717, 1.165) is 24.0 Å². The maximum atomic E-state index is 5.82. The predicted octanol–water partition coefficient (Wildman–Crippen LogP) is 3.27. The van der Waals surface area contributed by atoms with Crippen molar-refractivity contribution in [3.63, 3.8) is 0 Å². The molecule has 0 amide bonds. The Labute approximate surface area is 104 Å². The summed E-state index contributed by atoms with van der Waals surface area (Å²) in [6.45, 7) is 3.69. The second-order valence-electron chi connectivity index (χ2n) is 4.88. The van der Waals surface area contributed by atoms with Crippen LogP contribution in [0, 0.1) is 5.92 Å². The van der Waals surface area contributed by atoms with Crippen molar-refractivity contribution in [2.45, 2.75) is 45.3 Å². The van der Waals surface area contributed by atoms with Crippen LogP contribution in [0.3, 0.4) is 0 Å². The lowest BCUT2D eigenvalue weighted by atomic mass is 9.80. The normalized spacial score (nSPS) is 18.0. The van der Waals surface area contributed by atoms with Crippen molar-refractivity contribution in [3.8, 4) is 0 Å². The van der Waals surface area contributed by atoms with E-state index in [2.05, 4.69) is 18.3 Å². The molecule has 0 aromatic carbocycles. The fourth-order valence-corrected chi connectivity index (χ4v) is 2.41. The van der Waals surface area contributed by atoms with Gasteiger partial charge in [-0.3, -0.25) is 0 Å². The van der Waals surface area contributed by atoms with E-state index in [1.54, 1.807) is 7.11 Å². The van der Waals surface area contributed by atoms with Crippen molar-refractivity contribution in [2.75, 3.05) is 13.7 Å². The number of hydrogen-bond donors (Lipinski definition) is 1. The third-order valence-corrected chi connectivity index (χ3v) is 3.56. The van der Waals surface area contributed by atoms with Gasteiger partial charge in [-0.25, -0.2) is 0 Å². The van der Waals surface area contributed by atoms with E-state index < -0.39 is 0 Å². The van der Waals surface area contributed by atoms with E-state index >= 15 is 0 Å². The van der Waals surface area contributed by atoms with Crippen LogP contribution in [-0.4, -0.2) is 13.7 Å². The lowest BCUT2D eigenvalue weighted by molar-refractivity contribution is 0.159. The number of nitrogens with one attached hydrogen (secondary N) is 1. The van der Waals surface area contributed by atoms with Gasteiger partial charge >= 0.3 is 0 Å². The number of hydrogen-bond acceptors (Lipinski definition) is 3. The zero-order valence-corrected chi connectivity index (χ0v) is 10.9. The monoisotopic (exact) mass is 237 g/mol. The van der Waals surface area contributed by atoms with Gasteiger partial charge in [0.05, 0.1) is 6.04 Å². The van der Waals surface area contributed by atoms with Gasteiger partial charge in [0.1, 0.15) is 18.1 Å². The van der Waals surface area contributed by atoms with Crippen LogP contribution in [-0.2, 0) is 11.3 Å². The van der Waals surface area contributed by atoms with Crippen LogP contribution in [0.5, 0.6) is 0 Å². The summed E-state index contributed by atoms with van der Waals surface area (Å²) >= 11 is 0. The third-order valence-electron chi connectivity index (χ3n) is 3.56. The first-order valence-corrected chi connectivity index (χ1v) is 6.64. The van der Waals surface area contributed by atoms with Crippen molar-refractivity contribution in [2.24, 2.45) is 5.92 Å². The molecule has 0 bridgehead atoms. The molecule has 1 unspecified atom stereocenters. The molecule has 3 nitrogen and oxygen atoms in total. The average molecular weight is 237 g/mol. The molecule has 1 aromatic rings. The fraction of sp³-hybridized carbons (Fsp3) is 0.714. The molecule has 1 aromatic heterocycles. The predicted molar refractivity (Wildman–Crippen MR) is 67.8 cm³/mol. The molecule has 1 N–H and O–H groups in total. The van der Waals surface area contributed by atoms with Crippen LogP contribution >= 0.6 is 0 Å². The van der Waals surface area contributed by atoms with Gasteiger partial charge < -0.3 is 14.5 Å². The molecule has 1 aliphatic carbocycles. The Balaban J connectivity index is 1.96. The summed E-state index contributed by atoms with van der Waals surface area (Å²) in [5.74, 6) is 2.86.